The summed E-state index contributed by atoms with van der Waals surface area (Å²) >= 11 is 0. The van der Waals surface area contributed by atoms with Gasteiger partial charge >= 0.3 is 0 Å². The topological polar surface area (TPSA) is 51.1 Å². The number of nitrogens with zero attached hydrogens (tertiary/aromatic N) is 4. The van der Waals surface area contributed by atoms with Crippen LogP contribution in [0, 0.1) is 19.8 Å². The highest BCUT2D eigenvalue weighted by molar-refractivity contribution is 5.90. The van der Waals surface area contributed by atoms with Gasteiger partial charge < -0.3 is 9.64 Å². The molecule has 1 aliphatic rings. The molecule has 1 saturated heterocycles. The lowest BCUT2D eigenvalue weighted by Crippen LogP contribution is -2.43. The highest BCUT2D eigenvalue weighted by Gasteiger charge is 2.24. The lowest BCUT2D eigenvalue weighted by Gasteiger charge is -2.35. The van der Waals surface area contributed by atoms with Crippen molar-refractivity contribution >= 4 is 16.9 Å². The first-order chi connectivity index (χ1) is 10.5. The maximum absolute atomic E-state index is 5.90. The van der Waals surface area contributed by atoms with Crippen LogP contribution in [0.3, 0.4) is 0 Å². The molecule has 0 bridgehead atoms. The van der Waals surface area contributed by atoms with E-state index in [-0.39, 0.29) is 6.10 Å². The van der Waals surface area contributed by atoms with Gasteiger partial charge in [0.1, 0.15) is 12.1 Å². The number of pyridine rings is 1. The number of fused-ring (bicyclic) bond motifs is 1. The number of ether oxygens (including phenoxy) is 1. The lowest BCUT2D eigenvalue weighted by molar-refractivity contribution is 0.0274. The molecule has 0 amide bonds. The minimum Gasteiger partial charge on any atom is -0.375 e. The van der Waals surface area contributed by atoms with Crippen molar-refractivity contribution in [2.45, 2.75) is 40.2 Å². The van der Waals surface area contributed by atoms with Crippen LogP contribution in [0.2, 0.25) is 0 Å². The Kier molecular flexibility index (Phi) is 4.25. The van der Waals surface area contributed by atoms with Crippen LogP contribution < -0.4 is 4.90 Å². The van der Waals surface area contributed by atoms with Crippen LogP contribution in [0.4, 0.5) is 5.82 Å². The second-order valence-corrected chi connectivity index (χ2v) is 6.54. The highest BCUT2D eigenvalue weighted by atomic mass is 16.5. The molecule has 1 unspecified atom stereocenters. The third-order valence-corrected chi connectivity index (χ3v) is 4.08. The van der Waals surface area contributed by atoms with Crippen LogP contribution in [0.1, 0.15) is 31.5 Å². The Hall–Kier alpha value is -1.75. The van der Waals surface area contributed by atoms with Crippen molar-refractivity contribution < 1.29 is 4.74 Å². The Balaban J connectivity index is 1.96. The van der Waals surface area contributed by atoms with Crippen molar-refractivity contribution in [2.75, 3.05) is 24.6 Å². The quantitative estimate of drug-likeness (QED) is 0.872. The molecule has 5 heteroatoms. The van der Waals surface area contributed by atoms with E-state index < -0.39 is 0 Å². The van der Waals surface area contributed by atoms with E-state index >= 15 is 0 Å². The summed E-state index contributed by atoms with van der Waals surface area (Å²) in [7, 11) is 0. The van der Waals surface area contributed by atoms with Gasteiger partial charge in [0, 0.05) is 18.8 Å². The first-order valence-electron chi connectivity index (χ1n) is 8.00. The van der Waals surface area contributed by atoms with Crippen LogP contribution in [0.5, 0.6) is 0 Å². The van der Waals surface area contributed by atoms with Crippen molar-refractivity contribution in [3.63, 3.8) is 0 Å². The number of rotatable bonds is 3. The smallest absolute Gasteiger partial charge is 0.165 e. The average molecular weight is 300 g/mol. The van der Waals surface area contributed by atoms with Crippen molar-refractivity contribution in [2.24, 2.45) is 5.92 Å². The number of hydrogen-bond acceptors (Lipinski definition) is 5. The zero-order valence-electron chi connectivity index (χ0n) is 13.8. The van der Waals surface area contributed by atoms with Gasteiger partial charge in [-0.25, -0.2) is 15.0 Å². The molecule has 0 spiro atoms. The summed E-state index contributed by atoms with van der Waals surface area (Å²) in [5, 5.41) is 1.07. The highest BCUT2D eigenvalue weighted by Crippen LogP contribution is 2.27. The summed E-state index contributed by atoms with van der Waals surface area (Å²) in [6, 6.07) is 2.10. The lowest BCUT2D eigenvalue weighted by atomic mass is 10.0. The predicted molar refractivity (Wildman–Crippen MR) is 88.2 cm³/mol. The third-order valence-electron chi connectivity index (χ3n) is 4.08. The number of anilines is 1. The maximum atomic E-state index is 5.90. The minimum atomic E-state index is 0.275. The Labute approximate surface area is 131 Å². The van der Waals surface area contributed by atoms with E-state index in [0.717, 1.165) is 48.7 Å². The molecule has 5 nitrogen and oxygen atoms in total. The molecule has 1 aliphatic heterocycles. The molecule has 2 aromatic heterocycles. The van der Waals surface area contributed by atoms with Gasteiger partial charge in [0.15, 0.2) is 5.65 Å². The van der Waals surface area contributed by atoms with E-state index in [2.05, 4.69) is 46.7 Å². The second-order valence-electron chi connectivity index (χ2n) is 6.54. The van der Waals surface area contributed by atoms with Crippen LogP contribution in [0.15, 0.2) is 12.4 Å². The van der Waals surface area contributed by atoms with Gasteiger partial charge in [0.25, 0.3) is 0 Å². The van der Waals surface area contributed by atoms with Crippen molar-refractivity contribution in [3.05, 3.63) is 23.7 Å². The van der Waals surface area contributed by atoms with Gasteiger partial charge in [0.2, 0.25) is 0 Å². The van der Waals surface area contributed by atoms with Crippen molar-refractivity contribution in [1.29, 1.82) is 0 Å². The molecule has 0 aliphatic carbocycles. The molecule has 2 aromatic rings. The van der Waals surface area contributed by atoms with E-state index in [9.17, 15) is 0 Å². The predicted octanol–water partition coefficient (Wildman–Crippen LogP) is 2.89. The second kappa shape index (κ2) is 6.16. The molecule has 1 fully saturated rings. The normalized spacial score (nSPS) is 19.1. The van der Waals surface area contributed by atoms with Gasteiger partial charge in [-0.3, -0.25) is 0 Å². The molecule has 0 N–H and O–H groups in total. The van der Waals surface area contributed by atoms with E-state index in [1.54, 1.807) is 6.33 Å². The molecule has 0 aromatic carbocycles. The van der Waals surface area contributed by atoms with Crippen LogP contribution in [0.25, 0.3) is 11.0 Å². The maximum Gasteiger partial charge on any atom is 0.165 e. The summed E-state index contributed by atoms with van der Waals surface area (Å²) in [4.78, 5) is 15.8. The molecule has 22 heavy (non-hydrogen) atoms. The summed E-state index contributed by atoms with van der Waals surface area (Å²) < 4.78 is 5.90. The average Bonchev–Trinajstić information content (AvgIpc) is 2.45. The van der Waals surface area contributed by atoms with Crippen LogP contribution in [-0.4, -0.2) is 40.8 Å². The number of hydrogen-bond donors (Lipinski definition) is 0. The van der Waals surface area contributed by atoms with E-state index in [4.69, 9.17) is 4.74 Å². The molecule has 0 radical (unpaired) electrons. The monoisotopic (exact) mass is 300 g/mol. The summed E-state index contributed by atoms with van der Waals surface area (Å²) in [6.07, 6.45) is 2.98. The fraction of sp³-hybridized carbons (Fsp3) is 0.588. The van der Waals surface area contributed by atoms with Crippen molar-refractivity contribution in [1.82, 2.24) is 15.0 Å². The summed E-state index contributed by atoms with van der Waals surface area (Å²) in [6.45, 7) is 11.1. The zero-order valence-corrected chi connectivity index (χ0v) is 13.8. The van der Waals surface area contributed by atoms with E-state index in [0.29, 0.717) is 5.92 Å². The number of morpholine rings is 1. The molecular formula is C17H24N4O. The standard InChI is InChI=1S/C17H24N4O/c1-11(2)7-14-9-21(5-6-22-14)17-15-12(3)8-13(4)20-16(15)18-10-19-17/h8,10-11,14H,5-7,9H2,1-4H3. The zero-order chi connectivity index (χ0) is 15.7. The Morgan fingerprint density at radius 2 is 2.14 bits per heavy atom. The summed E-state index contributed by atoms with van der Waals surface area (Å²) in [5.74, 6) is 1.63. The molecule has 3 heterocycles. The van der Waals surface area contributed by atoms with E-state index in [1.165, 1.54) is 5.56 Å². The Bertz CT molecular complexity index is 671. The first kappa shape index (κ1) is 15.2. The number of aromatic nitrogens is 3. The molecular weight excluding hydrogens is 276 g/mol. The van der Waals surface area contributed by atoms with Crippen LogP contribution in [-0.2, 0) is 4.74 Å². The fourth-order valence-corrected chi connectivity index (χ4v) is 3.21. The Morgan fingerprint density at radius 1 is 1.32 bits per heavy atom. The molecule has 3 rings (SSSR count). The van der Waals surface area contributed by atoms with Gasteiger partial charge in [-0.15, -0.1) is 0 Å². The van der Waals surface area contributed by atoms with Crippen LogP contribution >= 0.6 is 0 Å². The van der Waals surface area contributed by atoms with Gasteiger partial charge in [-0.2, -0.15) is 0 Å². The number of aryl methyl sites for hydroxylation is 2. The van der Waals surface area contributed by atoms with E-state index in [1.807, 2.05) is 6.92 Å². The van der Waals surface area contributed by atoms with Crippen molar-refractivity contribution in [3.8, 4) is 0 Å². The third kappa shape index (κ3) is 3.04. The summed E-state index contributed by atoms with van der Waals surface area (Å²) in [5.41, 5.74) is 2.97. The van der Waals surface area contributed by atoms with Gasteiger partial charge in [0.05, 0.1) is 18.1 Å². The molecule has 1 atom stereocenters. The minimum absolute atomic E-state index is 0.275. The largest absolute Gasteiger partial charge is 0.375 e. The van der Waals surface area contributed by atoms with Gasteiger partial charge in [-0.1, -0.05) is 13.8 Å². The molecule has 118 valence electrons. The Morgan fingerprint density at radius 3 is 2.91 bits per heavy atom. The molecule has 0 saturated carbocycles. The first-order valence-corrected chi connectivity index (χ1v) is 8.00. The SMILES string of the molecule is Cc1cc(C)c2c(N3CCOC(CC(C)C)C3)ncnc2n1. The van der Waals surface area contributed by atoms with Gasteiger partial charge in [-0.05, 0) is 37.8 Å². The fourth-order valence-electron chi connectivity index (χ4n) is 3.21.